The average Bonchev–Trinajstić information content (AvgIpc) is 2.41. The van der Waals surface area contributed by atoms with Gasteiger partial charge in [-0.3, -0.25) is 0 Å². The smallest absolute Gasteiger partial charge is 0.161 e. The summed E-state index contributed by atoms with van der Waals surface area (Å²) in [6.07, 6.45) is 1.05. The van der Waals surface area contributed by atoms with E-state index in [2.05, 4.69) is 38.1 Å². The molecule has 2 rings (SSSR count). The number of aromatic nitrogens is 2. The molecule has 19 heavy (non-hydrogen) atoms. The van der Waals surface area contributed by atoms with Gasteiger partial charge in [0.25, 0.3) is 0 Å². The summed E-state index contributed by atoms with van der Waals surface area (Å²) in [5.74, 6) is 1.54. The SMILES string of the molecule is CCCNc1nc(-c2ccc(Cl)cc2)nc(C)c1Br. The van der Waals surface area contributed by atoms with E-state index in [-0.39, 0.29) is 0 Å². The Kier molecular flexibility index (Phi) is 4.77. The van der Waals surface area contributed by atoms with Gasteiger partial charge in [-0.1, -0.05) is 18.5 Å². The molecule has 0 saturated heterocycles. The van der Waals surface area contributed by atoms with Crippen LogP contribution in [0, 0.1) is 6.92 Å². The van der Waals surface area contributed by atoms with Crippen molar-refractivity contribution in [2.75, 3.05) is 11.9 Å². The van der Waals surface area contributed by atoms with Crippen LogP contribution in [-0.2, 0) is 0 Å². The summed E-state index contributed by atoms with van der Waals surface area (Å²) in [6.45, 7) is 4.96. The topological polar surface area (TPSA) is 37.8 Å². The maximum absolute atomic E-state index is 5.89. The fraction of sp³-hybridized carbons (Fsp3) is 0.286. The second kappa shape index (κ2) is 6.35. The lowest BCUT2D eigenvalue weighted by Crippen LogP contribution is -2.06. The summed E-state index contributed by atoms with van der Waals surface area (Å²) in [7, 11) is 0. The fourth-order valence-corrected chi connectivity index (χ4v) is 2.09. The zero-order valence-corrected chi connectivity index (χ0v) is 13.2. The molecule has 1 aromatic heterocycles. The fourth-order valence-electron chi connectivity index (χ4n) is 1.65. The number of hydrogen-bond acceptors (Lipinski definition) is 3. The minimum Gasteiger partial charge on any atom is -0.369 e. The average molecular weight is 341 g/mol. The van der Waals surface area contributed by atoms with E-state index in [0.29, 0.717) is 10.8 Å². The van der Waals surface area contributed by atoms with E-state index >= 15 is 0 Å². The molecular weight excluding hydrogens is 326 g/mol. The van der Waals surface area contributed by atoms with Crippen LogP contribution in [0.2, 0.25) is 5.02 Å². The van der Waals surface area contributed by atoms with Crippen molar-refractivity contribution in [3.05, 3.63) is 39.5 Å². The molecule has 0 spiro atoms. The Hall–Kier alpha value is -1.13. The number of aryl methyl sites for hydroxylation is 1. The molecule has 0 atom stereocenters. The normalized spacial score (nSPS) is 10.5. The summed E-state index contributed by atoms with van der Waals surface area (Å²) in [5, 5.41) is 4.01. The predicted molar refractivity (Wildman–Crippen MR) is 83.7 cm³/mol. The lowest BCUT2D eigenvalue weighted by molar-refractivity contribution is 0.958. The Labute approximate surface area is 126 Å². The Balaban J connectivity index is 2.40. The Bertz CT molecular complexity index is 570. The van der Waals surface area contributed by atoms with Gasteiger partial charge in [0.05, 0.1) is 10.2 Å². The first-order chi connectivity index (χ1) is 9.11. The standard InChI is InChI=1S/C14H15BrClN3/c1-3-8-17-14-12(15)9(2)18-13(19-14)10-4-6-11(16)7-5-10/h4-7H,3,8H2,1-2H3,(H,17,18,19). The molecule has 1 aromatic carbocycles. The van der Waals surface area contributed by atoms with Crippen molar-refractivity contribution in [2.24, 2.45) is 0 Å². The highest BCUT2D eigenvalue weighted by Crippen LogP contribution is 2.27. The maximum atomic E-state index is 5.89. The van der Waals surface area contributed by atoms with E-state index in [1.54, 1.807) is 0 Å². The molecule has 0 unspecified atom stereocenters. The van der Waals surface area contributed by atoms with Crippen molar-refractivity contribution < 1.29 is 0 Å². The van der Waals surface area contributed by atoms with Gasteiger partial charge in [0.1, 0.15) is 5.82 Å². The van der Waals surface area contributed by atoms with Gasteiger partial charge in [-0.2, -0.15) is 0 Å². The van der Waals surface area contributed by atoms with Crippen molar-refractivity contribution in [3.8, 4) is 11.4 Å². The number of nitrogens with one attached hydrogen (secondary N) is 1. The van der Waals surface area contributed by atoms with E-state index in [9.17, 15) is 0 Å². The van der Waals surface area contributed by atoms with E-state index in [1.165, 1.54) is 0 Å². The summed E-state index contributed by atoms with van der Waals surface area (Å²) in [5.41, 5.74) is 1.87. The summed E-state index contributed by atoms with van der Waals surface area (Å²) in [6, 6.07) is 7.54. The summed E-state index contributed by atoms with van der Waals surface area (Å²) >= 11 is 9.41. The van der Waals surface area contributed by atoms with Gasteiger partial charge in [0.15, 0.2) is 5.82 Å². The van der Waals surface area contributed by atoms with Crippen molar-refractivity contribution >= 4 is 33.3 Å². The van der Waals surface area contributed by atoms with Gasteiger partial charge < -0.3 is 5.32 Å². The molecule has 100 valence electrons. The minimum atomic E-state index is 0.705. The number of rotatable bonds is 4. The Morgan fingerprint density at radius 2 is 1.89 bits per heavy atom. The van der Waals surface area contributed by atoms with Crippen LogP contribution in [0.25, 0.3) is 11.4 Å². The molecule has 0 radical (unpaired) electrons. The van der Waals surface area contributed by atoms with Gasteiger partial charge in [-0.15, -0.1) is 0 Å². The van der Waals surface area contributed by atoms with Crippen molar-refractivity contribution in [3.63, 3.8) is 0 Å². The summed E-state index contributed by atoms with van der Waals surface area (Å²) in [4.78, 5) is 9.06. The lowest BCUT2D eigenvalue weighted by Gasteiger charge is -2.10. The van der Waals surface area contributed by atoms with Crippen LogP contribution in [0.1, 0.15) is 19.0 Å². The van der Waals surface area contributed by atoms with Crippen molar-refractivity contribution in [1.29, 1.82) is 0 Å². The Morgan fingerprint density at radius 1 is 1.21 bits per heavy atom. The van der Waals surface area contributed by atoms with Crippen molar-refractivity contribution in [1.82, 2.24) is 9.97 Å². The Morgan fingerprint density at radius 3 is 2.53 bits per heavy atom. The van der Waals surface area contributed by atoms with Crippen molar-refractivity contribution in [2.45, 2.75) is 20.3 Å². The number of halogens is 2. The zero-order chi connectivity index (χ0) is 13.8. The molecule has 0 fully saturated rings. The first-order valence-corrected chi connectivity index (χ1v) is 7.33. The van der Waals surface area contributed by atoms with Gasteiger partial charge in [0.2, 0.25) is 0 Å². The van der Waals surface area contributed by atoms with E-state index in [0.717, 1.165) is 34.5 Å². The first kappa shape index (κ1) is 14.3. The number of benzene rings is 1. The van der Waals surface area contributed by atoms with Crippen LogP contribution < -0.4 is 5.32 Å². The third-order valence-electron chi connectivity index (χ3n) is 2.66. The lowest BCUT2D eigenvalue weighted by atomic mass is 10.2. The number of hydrogen-bond donors (Lipinski definition) is 1. The van der Waals surface area contributed by atoms with Gasteiger partial charge in [-0.05, 0) is 53.5 Å². The van der Waals surface area contributed by atoms with Crippen LogP contribution in [0.5, 0.6) is 0 Å². The molecule has 3 nitrogen and oxygen atoms in total. The quantitative estimate of drug-likeness (QED) is 0.877. The zero-order valence-electron chi connectivity index (χ0n) is 10.9. The highest BCUT2D eigenvalue weighted by Gasteiger charge is 2.10. The third-order valence-corrected chi connectivity index (χ3v) is 3.86. The molecular formula is C14H15BrClN3. The maximum Gasteiger partial charge on any atom is 0.161 e. The highest BCUT2D eigenvalue weighted by atomic mass is 79.9. The molecule has 1 heterocycles. The van der Waals surface area contributed by atoms with Gasteiger partial charge in [-0.25, -0.2) is 9.97 Å². The summed E-state index contributed by atoms with van der Waals surface area (Å²) < 4.78 is 0.915. The molecule has 1 N–H and O–H groups in total. The van der Waals surface area contributed by atoms with Crippen LogP contribution in [0.15, 0.2) is 28.7 Å². The third kappa shape index (κ3) is 3.45. The van der Waals surface area contributed by atoms with Crippen LogP contribution in [0.4, 0.5) is 5.82 Å². The minimum absolute atomic E-state index is 0.705. The van der Waals surface area contributed by atoms with Crippen LogP contribution in [0.3, 0.4) is 0 Å². The predicted octanol–water partition coefficient (Wildman–Crippen LogP) is 4.69. The molecule has 0 saturated carbocycles. The van der Waals surface area contributed by atoms with Crippen LogP contribution in [-0.4, -0.2) is 16.5 Å². The van der Waals surface area contributed by atoms with Gasteiger partial charge in [0, 0.05) is 17.1 Å². The molecule has 0 aliphatic rings. The second-order valence-electron chi connectivity index (χ2n) is 4.23. The molecule has 0 bridgehead atoms. The number of anilines is 1. The highest BCUT2D eigenvalue weighted by molar-refractivity contribution is 9.10. The van der Waals surface area contributed by atoms with E-state index < -0.39 is 0 Å². The molecule has 0 aliphatic heterocycles. The van der Waals surface area contributed by atoms with Gasteiger partial charge >= 0.3 is 0 Å². The second-order valence-corrected chi connectivity index (χ2v) is 5.46. The molecule has 0 aliphatic carbocycles. The molecule has 5 heteroatoms. The monoisotopic (exact) mass is 339 g/mol. The number of nitrogens with zero attached hydrogens (tertiary/aromatic N) is 2. The van der Waals surface area contributed by atoms with Crippen LogP contribution >= 0.6 is 27.5 Å². The van der Waals surface area contributed by atoms with E-state index in [1.807, 2.05) is 31.2 Å². The van der Waals surface area contributed by atoms with E-state index in [4.69, 9.17) is 11.6 Å². The largest absolute Gasteiger partial charge is 0.369 e. The first-order valence-electron chi connectivity index (χ1n) is 6.15. The molecule has 0 amide bonds. The molecule has 2 aromatic rings.